The second-order valence-corrected chi connectivity index (χ2v) is 3.06. The highest BCUT2D eigenvalue weighted by Gasteiger charge is 2.28. The van der Waals surface area contributed by atoms with Gasteiger partial charge in [0.05, 0.1) is 12.6 Å². The predicted molar refractivity (Wildman–Crippen MR) is 43.0 cm³/mol. The van der Waals surface area contributed by atoms with Gasteiger partial charge in [0.25, 0.3) is 0 Å². The molecule has 1 unspecified atom stereocenters. The summed E-state index contributed by atoms with van der Waals surface area (Å²) < 4.78 is 0. The van der Waals surface area contributed by atoms with Crippen molar-refractivity contribution < 1.29 is 10.1 Å². The molecule has 0 saturated carbocycles. The fourth-order valence-corrected chi connectivity index (χ4v) is 1.64. The van der Waals surface area contributed by atoms with Crippen molar-refractivity contribution in [2.24, 2.45) is 0 Å². The number of aliphatic hydroxyl groups excluding tert-OH is 1. The SMILES string of the molecule is O=[N+]([O-])N1CCCCC1CCO. The fourth-order valence-electron chi connectivity index (χ4n) is 1.64. The number of hydrogen-bond donors (Lipinski definition) is 1. The quantitative estimate of drug-likeness (QED) is 0.497. The summed E-state index contributed by atoms with van der Waals surface area (Å²) in [5.74, 6) is 0. The molecule has 0 aliphatic carbocycles. The molecular formula is C7H14N2O3. The Morgan fingerprint density at radius 3 is 2.92 bits per heavy atom. The van der Waals surface area contributed by atoms with E-state index in [0.29, 0.717) is 13.0 Å². The van der Waals surface area contributed by atoms with Crippen LogP contribution in [0.2, 0.25) is 0 Å². The van der Waals surface area contributed by atoms with Gasteiger partial charge in [-0.05, 0) is 25.7 Å². The number of hydrazine groups is 1. The molecule has 12 heavy (non-hydrogen) atoms. The standard InChI is InChI=1S/C7H14N2O3/c10-6-4-7-3-1-2-5-8(7)9(11)12/h7,10H,1-6H2. The highest BCUT2D eigenvalue weighted by atomic mass is 16.7. The van der Waals surface area contributed by atoms with E-state index in [9.17, 15) is 10.1 Å². The summed E-state index contributed by atoms with van der Waals surface area (Å²) in [6.45, 7) is 0.562. The van der Waals surface area contributed by atoms with E-state index < -0.39 is 0 Å². The van der Waals surface area contributed by atoms with E-state index >= 15 is 0 Å². The van der Waals surface area contributed by atoms with E-state index in [2.05, 4.69) is 0 Å². The fraction of sp³-hybridized carbons (Fsp3) is 1.00. The van der Waals surface area contributed by atoms with Crippen LogP contribution in [0.4, 0.5) is 0 Å². The predicted octanol–water partition coefficient (Wildman–Crippen LogP) is 0.415. The van der Waals surface area contributed by atoms with Crippen molar-refractivity contribution in [3.8, 4) is 0 Å². The Morgan fingerprint density at radius 1 is 1.58 bits per heavy atom. The molecule has 1 N–H and O–H groups in total. The summed E-state index contributed by atoms with van der Waals surface area (Å²) in [7, 11) is 0. The molecule has 5 nitrogen and oxygen atoms in total. The number of nitrogens with zero attached hydrogens (tertiary/aromatic N) is 2. The number of aliphatic hydroxyl groups is 1. The zero-order valence-corrected chi connectivity index (χ0v) is 6.98. The Morgan fingerprint density at radius 2 is 2.33 bits per heavy atom. The first-order valence-electron chi connectivity index (χ1n) is 4.27. The monoisotopic (exact) mass is 174 g/mol. The van der Waals surface area contributed by atoms with Gasteiger partial charge in [0.15, 0.2) is 5.03 Å². The van der Waals surface area contributed by atoms with Crippen molar-refractivity contribution in [1.29, 1.82) is 0 Å². The molecule has 0 radical (unpaired) electrons. The van der Waals surface area contributed by atoms with Crippen LogP contribution in [-0.4, -0.2) is 34.3 Å². The van der Waals surface area contributed by atoms with E-state index in [1.54, 1.807) is 0 Å². The lowest BCUT2D eigenvalue weighted by Crippen LogP contribution is -2.43. The second kappa shape index (κ2) is 4.25. The molecule has 0 amide bonds. The third-order valence-electron chi connectivity index (χ3n) is 2.27. The van der Waals surface area contributed by atoms with Gasteiger partial charge in [0.1, 0.15) is 0 Å². The van der Waals surface area contributed by atoms with Crippen molar-refractivity contribution in [3.05, 3.63) is 10.1 Å². The van der Waals surface area contributed by atoms with E-state index in [0.717, 1.165) is 19.3 Å². The summed E-state index contributed by atoms with van der Waals surface area (Å²) in [6.07, 6.45) is 3.28. The van der Waals surface area contributed by atoms with Crippen molar-refractivity contribution in [3.63, 3.8) is 0 Å². The maximum Gasteiger partial charge on any atom is 0.160 e. The highest BCUT2D eigenvalue weighted by Crippen LogP contribution is 2.18. The number of nitro groups is 1. The Labute approximate surface area is 71.1 Å². The van der Waals surface area contributed by atoms with Gasteiger partial charge in [-0.1, -0.05) is 0 Å². The van der Waals surface area contributed by atoms with Crippen LogP contribution < -0.4 is 0 Å². The molecule has 0 bridgehead atoms. The van der Waals surface area contributed by atoms with Gasteiger partial charge >= 0.3 is 0 Å². The molecule has 1 aliphatic heterocycles. The van der Waals surface area contributed by atoms with Crippen LogP contribution in [0.25, 0.3) is 0 Å². The Balaban J connectivity index is 2.48. The Kier molecular flexibility index (Phi) is 3.28. The first-order valence-corrected chi connectivity index (χ1v) is 4.27. The first kappa shape index (κ1) is 9.25. The maximum atomic E-state index is 10.5. The third kappa shape index (κ3) is 2.07. The molecule has 70 valence electrons. The van der Waals surface area contributed by atoms with Gasteiger partial charge < -0.3 is 5.11 Å². The normalized spacial score (nSPS) is 24.1. The summed E-state index contributed by atoms with van der Waals surface area (Å²) in [6, 6.07) is -0.0567. The van der Waals surface area contributed by atoms with Gasteiger partial charge in [-0.3, -0.25) is 0 Å². The van der Waals surface area contributed by atoms with Crippen LogP contribution in [0.3, 0.4) is 0 Å². The highest BCUT2D eigenvalue weighted by molar-refractivity contribution is 4.70. The van der Waals surface area contributed by atoms with Crippen molar-refractivity contribution >= 4 is 0 Å². The van der Waals surface area contributed by atoms with Gasteiger partial charge in [-0.25, -0.2) is 10.1 Å². The van der Waals surface area contributed by atoms with E-state index in [-0.39, 0.29) is 17.7 Å². The summed E-state index contributed by atoms with van der Waals surface area (Å²) in [5.41, 5.74) is 0. The Bertz CT molecular complexity index is 161. The van der Waals surface area contributed by atoms with Gasteiger partial charge in [-0.15, -0.1) is 5.01 Å². The Hall–Kier alpha value is -0.840. The zero-order valence-electron chi connectivity index (χ0n) is 6.98. The number of hydrogen-bond acceptors (Lipinski definition) is 3. The molecule has 0 aromatic rings. The number of piperidine rings is 1. The minimum absolute atomic E-state index is 0.0367. The van der Waals surface area contributed by atoms with Crippen molar-refractivity contribution in [2.75, 3.05) is 13.2 Å². The molecule has 0 aromatic carbocycles. The molecule has 1 atom stereocenters. The maximum absolute atomic E-state index is 10.5. The molecule has 1 rings (SSSR count). The third-order valence-corrected chi connectivity index (χ3v) is 2.27. The summed E-state index contributed by atoms with van der Waals surface area (Å²) in [5, 5.41) is 20.1. The zero-order chi connectivity index (χ0) is 8.97. The molecule has 5 heteroatoms. The van der Waals surface area contributed by atoms with Gasteiger partial charge in [-0.2, -0.15) is 0 Å². The molecular weight excluding hydrogens is 160 g/mol. The summed E-state index contributed by atoms with van der Waals surface area (Å²) in [4.78, 5) is 10.5. The molecule has 1 heterocycles. The largest absolute Gasteiger partial charge is 0.396 e. The van der Waals surface area contributed by atoms with E-state index in [1.807, 2.05) is 0 Å². The van der Waals surface area contributed by atoms with Crippen molar-refractivity contribution in [1.82, 2.24) is 5.01 Å². The van der Waals surface area contributed by atoms with Crippen LogP contribution in [0, 0.1) is 10.1 Å². The van der Waals surface area contributed by atoms with Crippen LogP contribution in [0.1, 0.15) is 25.7 Å². The lowest BCUT2D eigenvalue weighted by Gasteiger charge is -2.28. The van der Waals surface area contributed by atoms with Crippen molar-refractivity contribution in [2.45, 2.75) is 31.7 Å². The van der Waals surface area contributed by atoms with E-state index in [1.165, 1.54) is 5.01 Å². The van der Waals surface area contributed by atoms with Crippen LogP contribution in [0.5, 0.6) is 0 Å². The minimum atomic E-state index is -0.348. The molecule has 1 fully saturated rings. The molecule has 0 spiro atoms. The van der Waals surface area contributed by atoms with Crippen LogP contribution in [-0.2, 0) is 0 Å². The lowest BCUT2D eigenvalue weighted by molar-refractivity contribution is -0.667. The topological polar surface area (TPSA) is 66.6 Å². The lowest BCUT2D eigenvalue weighted by atomic mass is 10.0. The average Bonchev–Trinajstić information content (AvgIpc) is 2.05. The smallest absolute Gasteiger partial charge is 0.160 e. The van der Waals surface area contributed by atoms with Gasteiger partial charge in [0, 0.05) is 6.61 Å². The molecule has 1 aliphatic rings. The van der Waals surface area contributed by atoms with Crippen LogP contribution in [0.15, 0.2) is 0 Å². The molecule has 0 aromatic heterocycles. The average molecular weight is 174 g/mol. The summed E-state index contributed by atoms with van der Waals surface area (Å²) >= 11 is 0. The molecule has 1 saturated heterocycles. The first-order chi connectivity index (χ1) is 5.75. The van der Waals surface area contributed by atoms with E-state index in [4.69, 9.17) is 5.11 Å². The minimum Gasteiger partial charge on any atom is -0.396 e. The van der Waals surface area contributed by atoms with Crippen LogP contribution >= 0.6 is 0 Å². The number of rotatable bonds is 3. The van der Waals surface area contributed by atoms with Gasteiger partial charge in [0.2, 0.25) is 0 Å². The second-order valence-electron chi connectivity index (χ2n) is 3.06.